The molecule has 0 radical (unpaired) electrons. The number of rotatable bonds is 7. The van der Waals surface area contributed by atoms with E-state index in [1.54, 1.807) is 12.4 Å². The first kappa shape index (κ1) is 15.4. The Morgan fingerprint density at radius 3 is 2.68 bits per heavy atom. The average molecular weight is 303 g/mol. The van der Waals surface area contributed by atoms with Gasteiger partial charge in [-0.2, -0.15) is 0 Å². The van der Waals surface area contributed by atoms with Crippen LogP contribution in [0.1, 0.15) is 24.8 Å². The number of amides is 1. The predicted octanol–water partition coefficient (Wildman–Crippen LogP) is 1.24. The Balaban J connectivity index is 1.37. The molecule has 1 aromatic heterocycles. The van der Waals surface area contributed by atoms with Gasteiger partial charge in [0.15, 0.2) is 0 Å². The highest BCUT2D eigenvalue weighted by Crippen LogP contribution is 2.45. The minimum atomic E-state index is 0.157. The number of hydrogen-bond donors (Lipinski definition) is 1. The van der Waals surface area contributed by atoms with E-state index in [0.29, 0.717) is 11.8 Å². The number of hydrogen-bond acceptors (Lipinski definition) is 4. The summed E-state index contributed by atoms with van der Waals surface area (Å²) in [5, 5.41) is 3.13. The van der Waals surface area contributed by atoms with Gasteiger partial charge >= 0.3 is 0 Å². The number of ether oxygens (including phenoxy) is 1. The molecule has 120 valence electrons. The minimum absolute atomic E-state index is 0.157. The van der Waals surface area contributed by atoms with E-state index in [9.17, 15) is 4.79 Å². The van der Waals surface area contributed by atoms with E-state index in [2.05, 4.69) is 15.2 Å². The summed E-state index contributed by atoms with van der Waals surface area (Å²) in [6.45, 7) is 5.65. The van der Waals surface area contributed by atoms with Gasteiger partial charge in [-0.1, -0.05) is 0 Å². The molecule has 0 aromatic carbocycles. The lowest BCUT2D eigenvalue weighted by Gasteiger charge is -2.30. The number of morpholine rings is 1. The smallest absolute Gasteiger partial charge is 0.220 e. The van der Waals surface area contributed by atoms with E-state index >= 15 is 0 Å². The van der Waals surface area contributed by atoms with Gasteiger partial charge < -0.3 is 10.1 Å². The third-order valence-corrected chi connectivity index (χ3v) is 4.67. The normalized spacial score (nSPS) is 20.5. The molecular weight excluding hydrogens is 278 g/mol. The standard InChI is InChI=1S/C17H25N3O2/c21-16(2-1-15-3-7-18-8-4-15)19-13-17(5-6-17)14-20-9-11-22-12-10-20/h3-4,7-8H,1-2,5-6,9-14H2,(H,19,21). The monoisotopic (exact) mass is 303 g/mol. The van der Waals surface area contributed by atoms with Crippen molar-refractivity contribution in [1.82, 2.24) is 15.2 Å². The van der Waals surface area contributed by atoms with Crippen molar-refractivity contribution in [2.24, 2.45) is 5.41 Å². The lowest BCUT2D eigenvalue weighted by molar-refractivity contribution is -0.121. The molecule has 1 aliphatic carbocycles. The molecule has 1 saturated heterocycles. The van der Waals surface area contributed by atoms with Gasteiger partial charge in [-0.05, 0) is 37.0 Å². The van der Waals surface area contributed by atoms with Crippen LogP contribution in [0.3, 0.4) is 0 Å². The van der Waals surface area contributed by atoms with Crippen molar-refractivity contribution >= 4 is 5.91 Å². The number of aryl methyl sites for hydroxylation is 1. The van der Waals surface area contributed by atoms with Crippen LogP contribution in [0.2, 0.25) is 0 Å². The van der Waals surface area contributed by atoms with Gasteiger partial charge in [0.05, 0.1) is 13.2 Å². The Bertz CT molecular complexity index is 482. The van der Waals surface area contributed by atoms with Gasteiger partial charge in [0.25, 0.3) is 0 Å². The highest BCUT2D eigenvalue weighted by atomic mass is 16.5. The van der Waals surface area contributed by atoms with E-state index in [4.69, 9.17) is 4.74 Å². The van der Waals surface area contributed by atoms with Crippen molar-refractivity contribution in [3.63, 3.8) is 0 Å². The first-order valence-corrected chi connectivity index (χ1v) is 8.22. The van der Waals surface area contributed by atoms with Gasteiger partial charge in [0.1, 0.15) is 0 Å². The number of nitrogens with one attached hydrogen (secondary N) is 1. The van der Waals surface area contributed by atoms with Crippen LogP contribution in [0.15, 0.2) is 24.5 Å². The second-order valence-electron chi connectivity index (χ2n) is 6.52. The van der Waals surface area contributed by atoms with Crippen molar-refractivity contribution in [2.45, 2.75) is 25.7 Å². The molecule has 1 saturated carbocycles. The molecule has 0 spiro atoms. The van der Waals surface area contributed by atoms with Crippen LogP contribution in [0, 0.1) is 5.41 Å². The summed E-state index contributed by atoms with van der Waals surface area (Å²) in [4.78, 5) is 18.5. The zero-order chi connectivity index (χ0) is 15.3. The number of pyridine rings is 1. The van der Waals surface area contributed by atoms with Gasteiger partial charge in [-0.3, -0.25) is 14.7 Å². The van der Waals surface area contributed by atoms with Crippen molar-refractivity contribution in [2.75, 3.05) is 39.4 Å². The molecule has 2 heterocycles. The van der Waals surface area contributed by atoms with Gasteiger partial charge in [-0.25, -0.2) is 0 Å². The third-order valence-electron chi connectivity index (χ3n) is 4.67. The van der Waals surface area contributed by atoms with Gasteiger partial charge in [-0.15, -0.1) is 0 Å². The summed E-state index contributed by atoms with van der Waals surface area (Å²) in [5.74, 6) is 0.157. The maximum atomic E-state index is 12.0. The molecule has 0 unspecified atom stereocenters. The molecule has 1 amide bonds. The molecule has 5 nitrogen and oxygen atoms in total. The zero-order valence-electron chi connectivity index (χ0n) is 13.1. The molecule has 1 aromatic rings. The summed E-state index contributed by atoms with van der Waals surface area (Å²) < 4.78 is 5.39. The minimum Gasteiger partial charge on any atom is -0.379 e. The van der Waals surface area contributed by atoms with Crippen LogP contribution < -0.4 is 5.32 Å². The second kappa shape index (κ2) is 7.20. The van der Waals surface area contributed by atoms with E-state index < -0.39 is 0 Å². The highest BCUT2D eigenvalue weighted by Gasteiger charge is 2.44. The molecular formula is C17H25N3O2. The third kappa shape index (κ3) is 4.52. The van der Waals surface area contributed by atoms with Crippen LogP contribution >= 0.6 is 0 Å². The molecule has 3 rings (SSSR count). The summed E-state index contributed by atoms with van der Waals surface area (Å²) in [5.41, 5.74) is 1.49. The van der Waals surface area contributed by atoms with E-state index in [0.717, 1.165) is 45.8 Å². The van der Waals surface area contributed by atoms with Crippen LogP contribution in [0.25, 0.3) is 0 Å². The van der Waals surface area contributed by atoms with Crippen LogP contribution in [-0.2, 0) is 16.0 Å². The molecule has 2 fully saturated rings. The Labute approximate surface area is 132 Å². The fourth-order valence-corrected chi connectivity index (χ4v) is 2.98. The number of carbonyl (C=O) groups excluding carboxylic acids is 1. The lowest BCUT2D eigenvalue weighted by atomic mass is 10.1. The fraction of sp³-hybridized carbons (Fsp3) is 0.647. The Hall–Kier alpha value is -1.46. The highest BCUT2D eigenvalue weighted by molar-refractivity contribution is 5.76. The quantitative estimate of drug-likeness (QED) is 0.823. The van der Waals surface area contributed by atoms with Crippen LogP contribution in [0.5, 0.6) is 0 Å². The van der Waals surface area contributed by atoms with Crippen molar-refractivity contribution in [1.29, 1.82) is 0 Å². The average Bonchev–Trinajstić information content (AvgIpc) is 3.33. The second-order valence-corrected chi connectivity index (χ2v) is 6.52. The SMILES string of the molecule is O=C(CCc1ccncc1)NCC1(CN2CCOCC2)CC1. The predicted molar refractivity (Wildman–Crippen MR) is 84.5 cm³/mol. The number of carbonyl (C=O) groups is 1. The number of nitrogens with zero attached hydrogens (tertiary/aromatic N) is 2. The molecule has 0 atom stereocenters. The van der Waals surface area contributed by atoms with E-state index in [1.807, 2.05) is 12.1 Å². The van der Waals surface area contributed by atoms with Crippen LogP contribution in [-0.4, -0.2) is 55.2 Å². The van der Waals surface area contributed by atoms with Gasteiger partial charge in [0.2, 0.25) is 5.91 Å². The summed E-state index contributed by atoms with van der Waals surface area (Å²) in [6.07, 6.45) is 7.34. The molecule has 5 heteroatoms. The molecule has 2 aliphatic rings. The van der Waals surface area contributed by atoms with Crippen molar-refractivity contribution < 1.29 is 9.53 Å². The van der Waals surface area contributed by atoms with Crippen LogP contribution in [0.4, 0.5) is 0 Å². The number of aromatic nitrogens is 1. The van der Waals surface area contributed by atoms with Gasteiger partial charge in [0, 0.05) is 50.4 Å². The summed E-state index contributed by atoms with van der Waals surface area (Å²) in [7, 11) is 0. The largest absolute Gasteiger partial charge is 0.379 e. The first-order valence-electron chi connectivity index (χ1n) is 8.22. The Morgan fingerprint density at radius 2 is 2.00 bits per heavy atom. The summed E-state index contributed by atoms with van der Waals surface area (Å²) >= 11 is 0. The zero-order valence-corrected chi connectivity index (χ0v) is 13.1. The Morgan fingerprint density at radius 1 is 1.27 bits per heavy atom. The topological polar surface area (TPSA) is 54.5 Å². The summed E-state index contributed by atoms with van der Waals surface area (Å²) in [6, 6.07) is 3.93. The van der Waals surface area contributed by atoms with E-state index in [-0.39, 0.29) is 5.91 Å². The molecule has 1 N–H and O–H groups in total. The molecule has 22 heavy (non-hydrogen) atoms. The Kier molecular flexibility index (Phi) is 5.05. The maximum Gasteiger partial charge on any atom is 0.220 e. The van der Waals surface area contributed by atoms with E-state index in [1.165, 1.54) is 18.4 Å². The van der Waals surface area contributed by atoms with Crippen molar-refractivity contribution in [3.8, 4) is 0 Å². The molecule has 0 bridgehead atoms. The lowest BCUT2D eigenvalue weighted by Crippen LogP contribution is -2.43. The first-order chi connectivity index (χ1) is 10.8. The molecule has 1 aliphatic heterocycles. The fourth-order valence-electron chi connectivity index (χ4n) is 2.98. The maximum absolute atomic E-state index is 12.0. The van der Waals surface area contributed by atoms with Crippen molar-refractivity contribution in [3.05, 3.63) is 30.1 Å².